The van der Waals surface area contributed by atoms with E-state index in [0.717, 1.165) is 4.88 Å². The van der Waals surface area contributed by atoms with Crippen molar-refractivity contribution in [2.75, 3.05) is 25.0 Å². The molecule has 2 aromatic rings. The number of nitrogens with zero attached hydrogens (tertiary/aromatic N) is 2. The van der Waals surface area contributed by atoms with Crippen LogP contribution in [0.2, 0.25) is 0 Å². The van der Waals surface area contributed by atoms with Crippen LogP contribution in [0.1, 0.15) is 54.6 Å². The SMILES string of the molecule is O=C(Nc1ncccc1OCC1CCCCC1)C1CCN(C(=O)c2cccs2)CC1. The van der Waals surface area contributed by atoms with E-state index in [2.05, 4.69) is 10.3 Å². The normalized spacial score (nSPS) is 18.2. The zero-order valence-corrected chi connectivity index (χ0v) is 18.0. The van der Waals surface area contributed by atoms with Gasteiger partial charge in [0.1, 0.15) is 0 Å². The molecule has 30 heavy (non-hydrogen) atoms. The van der Waals surface area contributed by atoms with Crippen LogP contribution in [0.5, 0.6) is 5.75 Å². The Morgan fingerprint density at radius 1 is 1.10 bits per heavy atom. The molecule has 1 saturated carbocycles. The van der Waals surface area contributed by atoms with E-state index in [4.69, 9.17) is 4.74 Å². The minimum Gasteiger partial charge on any atom is -0.489 e. The summed E-state index contributed by atoms with van der Waals surface area (Å²) in [4.78, 5) is 32.2. The molecule has 1 aliphatic heterocycles. The molecule has 1 aliphatic carbocycles. The number of likely N-dealkylation sites (tertiary alicyclic amines) is 1. The average Bonchev–Trinajstić information content (AvgIpc) is 3.34. The van der Waals surface area contributed by atoms with E-state index in [1.807, 2.05) is 34.5 Å². The molecule has 0 radical (unpaired) electrons. The van der Waals surface area contributed by atoms with Gasteiger partial charge in [-0.15, -0.1) is 11.3 Å². The first-order valence-corrected chi connectivity index (χ1v) is 11.8. The van der Waals surface area contributed by atoms with E-state index in [0.29, 0.717) is 50.0 Å². The summed E-state index contributed by atoms with van der Waals surface area (Å²) in [6, 6.07) is 7.44. The monoisotopic (exact) mass is 427 g/mol. The molecule has 2 amide bonds. The number of piperidine rings is 1. The molecule has 6 nitrogen and oxygen atoms in total. The first-order valence-electron chi connectivity index (χ1n) is 10.9. The van der Waals surface area contributed by atoms with Crippen molar-refractivity contribution in [2.24, 2.45) is 11.8 Å². The van der Waals surface area contributed by atoms with Gasteiger partial charge in [0.05, 0.1) is 11.5 Å². The summed E-state index contributed by atoms with van der Waals surface area (Å²) in [5, 5.41) is 4.87. The van der Waals surface area contributed by atoms with Crippen molar-refractivity contribution in [1.82, 2.24) is 9.88 Å². The third-order valence-electron chi connectivity index (χ3n) is 6.10. The summed E-state index contributed by atoms with van der Waals surface area (Å²) in [6.07, 6.45) is 9.29. The molecule has 1 saturated heterocycles. The van der Waals surface area contributed by atoms with Crippen molar-refractivity contribution in [1.29, 1.82) is 0 Å². The Morgan fingerprint density at radius 2 is 1.90 bits per heavy atom. The fourth-order valence-electron chi connectivity index (χ4n) is 4.28. The highest BCUT2D eigenvalue weighted by Crippen LogP contribution is 2.28. The Bertz CT molecular complexity index is 841. The van der Waals surface area contributed by atoms with E-state index in [1.165, 1.54) is 43.4 Å². The summed E-state index contributed by atoms with van der Waals surface area (Å²) < 4.78 is 6.03. The molecule has 2 aromatic heterocycles. The van der Waals surface area contributed by atoms with Crippen LogP contribution in [-0.2, 0) is 4.79 Å². The highest BCUT2D eigenvalue weighted by atomic mass is 32.1. The topological polar surface area (TPSA) is 71.5 Å². The van der Waals surface area contributed by atoms with E-state index >= 15 is 0 Å². The molecule has 160 valence electrons. The van der Waals surface area contributed by atoms with Crippen LogP contribution in [0.15, 0.2) is 35.8 Å². The van der Waals surface area contributed by atoms with Gasteiger partial charge in [-0.3, -0.25) is 9.59 Å². The van der Waals surface area contributed by atoms with Crippen LogP contribution >= 0.6 is 11.3 Å². The highest BCUT2D eigenvalue weighted by molar-refractivity contribution is 7.12. The van der Waals surface area contributed by atoms with Crippen molar-refractivity contribution < 1.29 is 14.3 Å². The van der Waals surface area contributed by atoms with Crippen molar-refractivity contribution in [3.8, 4) is 5.75 Å². The molecule has 2 aliphatic rings. The molecule has 0 spiro atoms. The second kappa shape index (κ2) is 10.1. The minimum absolute atomic E-state index is 0.0422. The Balaban J connectivity index is 1.29. The molecule has 0 aromatic carbocycles. The molecule has 0 unspecified atom stereocenters. The van der Waals surface area contributed by atoms with Gasteiger partial charge < -0.3 is 15.0 Å². The summed E-state index contributed by atoms with van der Waals surface area (Å²) in [5.74, 6) is 1.63. The molecule has 0 bridgehead atoms. The van der Waals surface area contributed by atoms with E-state index < -0.39 is 0 Å². The number of rotatable bonds is 6. The predicted octanol–water partition coefficient (Wildman–Crippen LogP) is 4.59. The highest BCUT2D eigenvalue weighted by Gasteiger charge is 2.29. The number of carbonyl (C=O) groups is 2. The number of amides is 2. The lowest BCUT2D eigenvalue weighted by atomic mass is 9.90. The smallest absolute Gasteiger partial charge is 0.263 e. The van der Waals surface area contributed by atoms with Gasteiger partial charge in [-0.1, -0.05) is 25.3 Å². The molecule has 0 atom stereocenters. The minimum atomic E-state index is -0.120. The largest absolute Gasteiger partial charge is 0.489 e. The number of carbonyl (C=O) groups excluding carboxylic acids is 2. The summed E-state index contributed by atoms with van der Waals surface area (Å²) in [7, 11) is 0. The molecule has 4 rings (SSSR count). The number of thiophene rings is 1. The molecule has 7 heteroatoms. The predicted molar refractivity (Wildman–Crippen MR) is 118 cm³/mol. The number of aromatic nitrogens is 1. The van der Waals surface area contributed by atoms with E-state index in [9.17, 15) is 9.59 Å². The van der Waals surface area contributed by atoms with E-state index in [-0.39, 0.29) is 17.7 Å². The van der Waals surface area contributed by atoms with Gasteiger partial charge in [-0.05, 0) is 55.2 Å². The van der Waals surface area contributed by atoms with Crippen LogP contribution in [0.3, 0.4) is 0 Å². The second-order valence-corrected chi connectivity index (χ2v) is 9.15. The number of nitrogens with one attached hydrogen (secondary N) is 1. The van der Waals surface area contributed by atoms with Gasteiger partial charge >= 0.3 is 0 Å². The molecule has 1 N–H and O–H groups in total. The molecular weight excluding hydrogens is 398 g/mol. The number of pyridine rings is 1. The molecular formula is C23H29N3O3S. The lowest BCUT2D eigenvalue weighted by molar-refractivity contribution is -0.121. The standard InChI is InChI=1S/C23H29N3O3S/c27-22(18-10-13-26(14-11-18)23(28)20-9-5-15-30-20)25-21-19(8-4-12-24-21)29-16-17-6-2-1-3-7-17/h4-5,8-9,12,15,17-18H,1-3,6-7,10-11,13-14,16H2,(H,24,25,27). The summed E-state index contributed by atoms with van der Waals surface area (Å²) >= 11 is 1.46. The fourth-order valence-corrected chi connectivity index (χ4v) is 4.97. The van der Waals surface area contributed by atoms with Crippen LogP contribution in [0, 0.1) is 11.8 Å². The first kappa shape index (κ1) is 20.8. The van der Waals surface area contributed by atoms with Crippen molar-refractivity contribution in [3.63, 3.8) is 0 Å². The van der Waals surface area contributed by atoms with Crippen molar-refractivity contribution in [2.45, 2.75) is 44.9 Å². The van der Waals surface area contributed by atoms with Crippen LogP contribution in [0.25, 0.3) is 0 Å². The summed E-state index contributed by atoms with van der Waals surface area (Å²) in [6.45, 7) is 1.88. The van der Waals surface area contributed by atoms with Crippen LogP contribution in [0.4, 0.5) is 5.82 Å². The Labute approximate surface area is 181 Å². The Kier molecular flexibility index (Phi) is 7.00. The number of hydrogen-bond donors (Lipinski definition) is 1. The first-order chi connectivity index (χ1) is 14.7. The van der Waals surface area contributed by atoms with Crippen LogP contribution in [-0.4, -0.2) is 41.4 Å². The van der Waals surface area contributed by atoms with Gasteiger partial charge in [-0.25, -0.2) is 4.98 Å². The fraction of sp³-hybridized carbons (Fsp3) is 0.522. The second-order valence-electron chi connectivity index (χ2n) is 8.20. The molecule has 3 heterocycles. The lowest BCUT2D eigenvalue weighted by Gasteiger charge is -2.31. The zero-order valence-electron chi connectivity index (χ0n) is 17.2. The number of anilines is 1. The third kappa shape index (κ3) is 5.19. The molecule has 2 fully saturated rings. The van der Waals surface area contributed by atoms with E-state index in [1.54, 1.807) is 6.20 Å². The van der Waals surface area contributed by atoms with Gasteiger partial charge in [0.25, 0.3) is 5.91 Å². The third-order valence-corrected chi connectivity index (χ3v) is 6.95. The van der Waals surface area contributed by atoms with Gasteiger partial charge in [0.15, 0.2) is 11.6 Å². The van der Waals surface area contributed by atoms with Crippen molar-refractivity contribution in [3.05, 3.63) is 40.7 Å². The Hall–Kier alpha value is -2.41. The average molecular weight is 428 g/mol. The van der Waals surface area contributed by atoms with Gasteiger partial charge in [-0.2, -0.15) is 0 Å². The maximum absolute atomic E-state index is 12.8. The lowest BCUT2D eigenvalue weighted by Crippen LogP contribution is -2.41. The quantitative estimate of drug-likeness (QED) is 0.732. The Morgan fingerprint density at radius 3 is 2.63 bits per heavy atom. The maximum Gasteiger partial charge on any atom is 0.263 e. The van der Waals surface area contributed by atoms with Gasteiger partial charge in [0.2, 0.25) is 5.91 Å². The number of hydrogen-bond acceptors (Lipinski definition) is 5. The summed E-state index contributed by atoms with van der Waals surface area (Å²) in [5.41, 5.74) is 0. The number of ether oxygens (including phenoxy) is 1. The zero-order chi connectivity index (χ0) is 20.8. The van der Waals surface area contributed by atoms with Crippen LogP contribution < -0.4 is 10.1 Å². The van der Waals surface area contributed by atoms with Crippen molar-refractivity contribution >= 4 is 29.0 Å². The maximum atomic E-state index is 12.8. The van der Waals surface area contributed by atoms with Gasteiger partial charge in [0, 0.05) is 25.2 Å².